The maximum Gasteiger partial charge on any atom is 0.409 e. The average molecular weight is 343 g/mol. The Bertz CT molecular complexity index is 817. The maximum absolute atomic E-state index is 12.5. The van der Waals surface area contributed by atoms with Gasteiger partial charge in [-0.25, -0.2) is 9.59 Å². The summed E-state index contributed by atoms with van der Waals surface area (Å²) in [5, 5.41) is 20.3. The smallest absolute Gasteiger partial charge is 0.409 e. The number of aryl methyl sites for hydroxylation is 1. The Labute approximate surface area is 143 Å². The first kappa shape index (κ1) is 16.8. The molecule has 0 aliphatic carbocycles. The number of carbonyl (C=O) groups excluding carboxylic acids is 1. The first-order valence-corrected chi connectivity index (χ1v) is 7.78. The van der Waals surface area contributed by atoms with Gasteiger partial charge in [-0.2, -0.15) is 0 Å². The van der Waals surface area contributed by atoms with Gasteiger partial charge in [-0.1, -0.05) is 6.07 Å². The van der Waals surface area contributed by atoms with Crippen molar-refractivity contribution >= 4 is 17.7 Å². The molecule has 7 nitrogen and oxygen atoms in total. The average Bonchev–Trinajstić information content (AvgIpc) is 2.59. The number of carboxylic acid groups (broad SMARTS) is 1. The van der Waals surface area contributed by atoms with Crippen LogP contribution in [0.2, 0.25) is 0 Å². The molecule has 1 amide bonds. The van der Waals surface area contributed by atoms with E-state index in [1.165, 1.54) is 6.07 Å². The number of rotatable bonds is 2. The van der Waals surface area contributed by atoms with Crippen molar-refractivity contribution in [3.05, 3.63) is 53.1 Å². The molecule has 0 spiro atoms. The van der Waals surface area contributed by atoms with Crippen LogP contribution in [0.15, 0.2) is 36.4 Å². The molecule has 1 aliphatic rings. The molecular weight excluding hydrogens is 326 g/mol. The number of aliphatic hydroxyl groups is 1. The van der Waals surface area contributed by atoms with Gasteiger partial charge in [0.15, 0.2) is 11.5 Å². The van der Waals surface area contributed by atoms with Crippen LogP contribution in [0, 0.1) is 0 Å². The van der Waals surface area contributed by atoms with Crippen LogP contribution in [-0.4, -0.2) is 28.9 Å². The van der Waals surface area contributed by atoms with Crippen molar-refractivity contribution in [2.75, 3.05) is 11.9 Å². The lowest BCUT2D eigenvalue weighted by Crippen LogP contribution is -2.16. The Balaban J connectivity index is 1.94. The van der Waals surface area contributed by atoms with Gasteiger partial charge >= 0.3 is 12.1 Å². The fourth-order valence-corrected chi connectivity index (χ4v) is 2.65. The van der Waals surface area contributed by atoms with E-state index in [-0.39, 0.29) is 12.4 Å². The summed E-state index contributed by atoms with van der Waals surface area (Å²) in [6, 6.07) is 9.58. The SMILES string of the molecule is O=C(O)Nc1ccc2c(c1)CCCOc1cc(CO)ccc1OC2=O. The van der Waals surface area contributed by atoms with E-state index >= 15 is 0 Å². The number of fused-ring (bicyclic) bond motifs is 2. The van der Waals surface area contributed by atoms with E-state index in [1.54, 1.807) is 30.3 Å². The molecule has 2 aromatic carbocycles. The molecule has 0 saturated carbocycles. The van der Waals surface area contributed by atoms with Crippen molar-refractivity contribution in [1.29, 1.82) is 0 Å². The Kier molecular flexibility index (Phi) is 4.85. The van der Waals surface area contributed by atoms with E-state index in [0.29, 0.717) is 47.6 Å². The largest absolute Gasteiger partial charge is 0.490 e. The topological polar surface area (TPSA) is 105 Å². The summed E-state index contributed by atoms with van der Waals surface area (Å²) in [4.78, 5) is 23.3. The van der Waals surface area contributed by atoms with Gasteiger partial charge in [0.1, 0.15) is 0 Å². The summed E-state index contributed by atoms with van der Waals surface area (Å²) in [6.07, 6.45) is 0.00752. The fourth-order valence-electron chi connectivity index (χ4n) is 2.65. The zero-order chi connectivity index (χ0) is 17.8. The van der Waals surface area contributed by atoms with Crippen LogP contribution in [0.4, 0.5) is 10.5 Å². The van der Waals surface area contributed by atoms with E-state index < -0.39 is 12.1 Å². The van der Waals surface area contributed by atoms with Gasteiger partial charge in [0.05, 0.1) is 18.8 Å². The normalized spacial score (nSPS) is 13.7. The number of nitrogens with one attached hydrogen (secondary N) is 1. The van der Waals surface area contributed by atoms with Gasteiger partial charge in [-0.15, -0.1) is 0 Å². The molecule has 1 aliphatic heterocycles. The highest BCUT2D eigenvalue weighted by Gasteiger charge is 2.19. The number of ether oxygens (including phenoxy) is 2. The van der Waals surface area contributed by atoms with Crippen molar-refractivity contribution in [3.8, 4) is 11.5 Å². The molecule has 0 fully saturated rings. The highest BCUT2D eigenvalue weighted by molar-refractivity contribution is 5.94. The Morgan fingerprint density at radius 2 is 2.00 bits per heavy atom. The van der Waals surface area contributed by atoms with Crippen LogP contribution < -0.4 is 14.8 Å². The molecule has 0 radical (unpaired) electrons. The molecule has 1 heterocycles. The van der Waals surface area contributed by atoms with E-state index in [1.807, 2.05) is 0 Å². The van der Waals surface area contributed by atoms with E-state index in [4.69, 9.17) is 14.6 Å². The molecule has 0 atom stereocenters. The highest BCUT2D eigenvalue weighted by Crippen LogP contribution is 2.31. The van der Waals surface area contributed by atoms with Gasteiger partial charge in [0.2, 0.25) is 0 Å². The van der Waals surface area contributed by atoms with E-state index in [9.17, 15) is 14.7 Å². The molecule has 0 bridgehead atoms. The Morgan fingerprint density at radius 3 is 2.76 bits per heavy atom. The zero-order valence-electron chi connectivity index (χ0n) is 13.3. The number of carbonyl (C=O) groups is 2. The number of aliphatic hydroxyl groups excluding tert-OH is 1. The summed E-state index contributed by atoms with van der Waals surface area (Å²) in [7, 11) is 0. The summed E-state index contributed by atoms with van der Waals surface area (Å²) in [5.74, 6) is 0.149. The van der Waals surface area contributed by atoms with E-state index in [0.717, 1.165) is 0 Å². The lowest BCUT2D eigenvalue weighted by molar-refractivity contribution is 0.0724. The summed E-state index contributed by atoms with van der Waals surface area (Å²) >= 11 is 0. The lowest BCUT2D eigenvalue weighted by Gasteiger charge is -2.17. The molecular formula is C18H17NO6. The third-order valence-electron chi connectivity index (χ3n) is 3.82. The van der Waals surface area contributed by atoms with Gasteiger partial charge in [0.25, 0.3) is 0 Å². The fraction of sp³-hybridized carbons (Fsp3) is 0.222. The van der Waals surface area contributed by atoms with Crippen molar-refractivity contribution in [3.63, 3.8) is 0 Å². The van der Waals surface area contributed by atoms with Crippen LogP contribution in [0.1, 0.15) is 27.9 Å². The molecule has 3 N–H and O–H groups in total. The third kappa shape index (κ3) is 3.89. The maximum atomic E-state index is 12.5. The summed E-state index contributed by atoms with van der Waals surface area (Å²) in [6.45, 7) is 0.266. The van der Waals surface area contributed by atoms with Gasteiger partial charge in [0, 0.05) is 5.69 Å². The number of esters is 1. The monoisotopic (exact) mass is 343 g/mol. The second kappa shape index (κ2) is 7.23. The van der Waals surface area contributed by atoms with Crippen LogP contribution in [-0.2, 0) is 13.0 Å². The molecule has 0 aromatic heterocycles. The first-order valence-electron chi connectivity index (χ1n) is 7.78. The highest BCUT2D eigenvalue weighted by atomic mass is 16.6. The molecule has 0 unspecified atom stereocenters. The van der Waals surface area contributed by atoms with Gasteiger partial charge in [-0.05, 0) is 54.3 Å². The van der Waals surface area contributed by atoms with Crippen LogP contribution in [0.25, 0.3) is 0 Å². The molecule has 130 valence electrons. The number of benzene rings is 2. The molecule has 3 rings (SSSR count). The Morgan fingerprint density at radius 1 is 1.16 bits per heavy atom. The predicted octanol–water partition coefficient (Wildman–Crippen LogP) is 2.81. The minimum Gasteiger partial charge on any atom is -0.490 e. The van der Waals surface area contributed by atoms with Gasteiger partial charge in [-0.3, -0.25) is 5.32 Å². The predicted molar refractivity (Wildman–Crippen MR) is 89.2 cm³/mol. The first-order chi connectivity index (χ1) is 12.1. The van der Waals surface area contributed by atoms with Crippen LogP contribution in [0.3, 0.4) is 0 Å². The standard InChI is InChI=1S/C18H17NO6/c20-10-11-3-6-15-16(8-11)24-7-1-2-12-9-13(19-18(22)23)4-5-14(12)17(21)25-15/h3-6,8-9,19-20H,1-2,7,10H2,(H,22,23). The number of hydrogen-bond acceptors (Lipinski definition) is 5. The molecule has 25 heavy (non-hydrogen) atoms. The van der Waals surface area contributed by atoms with Crippen molar-refractivity contribution in [1.82, 2.24) is 0 Å². The Hall–Kier alpha value is -3.06. The van der Waals surface area contributed by atoms with Crippen molar-refractivity contribution in [2.45, 2.75) is 19.4 Å². The zero-order valence-corrected chi connectivity index (χ0v) is 13.3. The minimum absolute atomic E-state index is 0.132. The van der Waals surface area contributed by atoms with E-state index in [2.05, 4.69) is 5.32 Å². The van der Waals surface area contributed by atoms with Crippen LogP contribution in [0.5, 0.6) is 11.5 Å². The summed E-state index contributed by atoms with van der Waals surface area (Å²) in [5.41, 5.74) is 2.13. The van der Waals surface area contributed by atoms with Crippen molar-refractivity contribution < 1.29 is 29.3 Å². The molecule has 7 heteroatoms. The number of hydrogen-bond donors (Lipinski definition) is 3. The molecule has 0 saturated heterocycles. The quantitative estimate of drug-likeness (QED) is 0.572. The minimum atomic E-state index is -1.17. The number of amides is 1. The summed E-state index contributed by atoms with van der Waals surface area (Å²) < 4.78 is 11.1. The number of anilines is 1. The molecule has 2 aromatic rings. The third-order valence-corrected chi connectivity index (χ3v) is 3.82. The lowest BCUT2D eigenvalue weighted by atomic mass is 10.0. The van der Waals surface area contributed by atoms with Crippen molar-refractivity contribution in [2.24, 2.45) is 0 Å². The second-order valence-corrected chi connectivity index (χ2v) is 5.58. The van der Waals surface area contributed by atoms with Gasteiger partial charge < -0.3 is 19.7 Å². The van der Waals surface area contributed by atoms with Crippen LogP contribution >= 0.6 is 0 Å². The second-order valence-electron chi connectivity index (χ2n) is 5.58.